The summed E-state index contributed by atoms with van der Waals surface area (Å²) in [5, 5.41) is 21.2. The Morgan fingerprint density at radius 2 is 2.08 bits per heavy atom. The van der Waals surface area contributed by atoms with Crippen molar-refractivity contribution in [1.29, 1.82) is 0 Å². The minimum Gasteiger partial charge on any atom is -0.479 e. The number of hydrogen-bond acceptors (Lipinski definition) is 6. The van der Waals surface area contributed by atoms with Crippen LogP contribution in [-0.2, 0) is 14.3 Å². The zero-order valence-corrected chi connectivity index (χ0v) is 13.1. The Kier molecular flexibility index (Phi) is 4.52. The summed E-state index contributed by atoms with van der Waals surface area (Å²) in [5.41, 5.74) is 0.806. The molecule has 1 aliphatic heterocycles. The topological polar surface area (TPSA) is 110 Å². The van der Waals surface area contributed by atoms with Crippen LogP contribution in [0.1, 0.15) is 13.0 Å². The highest BCUT2D eigenvalue weighted by molar-refractivity contribution is 5.81. The van der Waals surface area contributed by atoms with Gasteiger partial charge in [-0.05, 0) is 12.1 Å². The van der Waals surface area contributed by atoms with Crippen molar-refractivity contribution in [2.45, 2.75) is 19.1 Å². The highest BCUT2D eigenvalue weighted by Crippen LogP contribution is 2.16. The number of carbonyl (C=O) groups is 2. The number of aromatic nitrogens is 4. The van der Waals surface area contributed by atoms with Crippen molar-refractivity contribution in [3.05, 3.63) is 30.3 Å². The molecule has 1 aliphatic rings. The van der Waals surface area contributed by atoms with Crippen molar-refractivity contribution < 1.29 is 19.4 Å². The van der Waals surface area contributed by atoms with E-state index in [0.29, 0.717) is 12.4 Å². The van der Waals surface area contributed by atoms with Crippen molar-refractivity contribution in [2.75, 3.05) is 19.7 Å². The molecule has 2 heterocycles. The highest BCUT2D eigenvalue weighted by Gasteiger charge is 2.32. The Balaban J connectivity index is 1.72. The van der Waals surface area contributed by atoms with E-state index in [0.717, 1.165) is 5.56 Å². The highest BCUT2D eigenvalue weighted by atomic mass is 16.5. The molecule has 0 aliphatic carbocycles. The van der Waals surface area contributed by atoms with Crippen molar-refractivity contribution in [1.82, 2.24) is 25.1 Å². The second kappa shape index (κ2) is 6.75. The molecule has 0 radical (unpaired) electrons. The Labute approximate surface area is 137 Å². The van der Waals surface area contributed by atoms with Gasteiger partial charge in [-0.3, -0.25) is 4.79 Å². The van der Waals surface area contributed by atoms with E-state index in [1.54, 1.807) is 6.92 Å². The van der Waals surface area contributed by atoms with Gasteiger partial charge in [-0.1, -0.05) is 30.3 Å². The summed E-state index contributed by atoms with van der Waals surface area (Å²) in [7, 11) is 0. The van der Waals surface area contributed by atoms with E-state index in [2.05, 4.69) is 15.4 Å². The quantitative estimate of drug-likeness (QED) is 0.852. The first-order chi connectivity index (χ1) is 11.6. The number of ether oxygens (including phenoxy) is 1. The van der Waals surface area contributed by atoms with Crippen LogP contribution in [0.4, 0.5) is 0 Å². The van der Waals surface area contributed by atoms with Gasteiger partial charge in [-0.2, -0.15) is 4.80 Å². The molecule has 1 N–H and O–H groups in total. The Bertz CT molecular complexity index is 732. The molecule has 1 amide bonds. The Hall–Kier alpha value is -2.81. The van der Waals surface area contributed by atoms with Gasteiger partial charge in [-0.25, -0.2) is 4.79 Å². The van der Waals surface area contributed by atoms with Crippen molar-refractivity contribution >= 4 is 11.9 Å². The molecule has 0 spiro atoms. The fourth-order valence-corrected chi connectivity index (χ4v) is 2.45. The molecule has 9 nitrogen and oxygen atoms in total. The van der Waals surface area contributed by atoms with E-state index in [9.17, 15) is 9.59 Å². The molecule has 1 aromatic heterocycles. The molecule has 2 aromatic rings. The summed E-state index contributed by atoms with van der Waals surface area (Å²) in [6.07, 6.45) is -1.00. The van der Waals surface area contributed by atoms with Crippen LogP contribution in [0.3, 0.4) is 0 Å². The van der Waals surface area contributed by atoms with Crippen molar-refractivity contribution in [3.8, 4) is 11.4 Å². The van der Waals surface area contributed by atoms with Gasteiger partial charge in [0.1, 0.15) is 6.04 Å². The molecule has 3 rings (SSSR count). The minimum absolute atomic E-state index is 0.0126. The summed E-state index contributed by atoms with van der Waals surface area (Å²) in [4.78, 5) is 26.3. The number of carboxylic acid groups (broad SMARTS) is 1. The first-order valence-electron chi connectivity index (χ1n) is 7.54. The number of morpholine rings is 1. The minimum atomic E-state index is -1.08. The van der Waals surface area contributed by atoms with Crippen LogP contribution in [0.15, 0.2) is 30.3 Å². The molecule has 1 saturated heterocycles. The van der Waals surface area contributed by atoms with Gasteiger partial charge in [0, 0.05) is 12.1 Å². The van der Waals surface area contributed by atoms with Gasteiger partial charge in [0.2, 0.25) is 11.7 Å². The number of tetrazole rings is 1. The molecule has 9 heteroatoms. The number of carboxylic acids is 1. The Morgan fingerprint density at radius 1 is 1.33 bits per heavy atom. The van der Waals surface area contributed by atoms with Crippen LogP contribution in [-0.4, -0.2) is 67.9 Å². The number of hydrogen-bond donors (Lipinski definition) is 1. The zero-order chi connectivity index (χ0) is 17.1. The lowest BCUT2D eigenvalue weighted by Gasteiger charge is -2.32. The van der Waals surface area contributed by atoms with E-state index in [-0.39, 0.29) is 19.1 Å². The van der Waals surface area contributed by atoms with Crippen LogP contribution in [0.5, 0.6) is 0 Å². The normalized spacial score (nSPS) is 19.0. The van der Waals surface area contributed by atoms with E-state index in [1.165, 1.54) is 9.70 Å². The fourth-order valence-electron chi connectivity index (χ4n) is 2.45. The lowest BCUT2D eigenvalue weighted by molar-refractivity contribution is -0.160. The lowest BCUT2D eigenvalue weighted by atomic mass is 10.2. The molecular formula is C15H17N5O4. The molecule has 1 aromatic carbocycles. The first-order valence-corrected chi connectivity index (χ1v) is 7.54. The van der Waals surface area contributed by atoms with Crippen LogP contribution in [0.25, 0.3) is 11.4 Å². The van der Waals surface area contributed by atoms with E-state index in [4.69, 9.17) is 9.84 Å². The summed E-state index contributed by atoms with van der Waals surface area (Å²) in [6, 6.07) is 8.65. The molecule has 0 unspecified atom stereocenters. The monoisotopic (exact) mass is 331 g/mol. The number of rotatable bonds is 4. The maximum absolute atomic E-state index is 12.6. The third kappa shape index (κ3) is 3.25. The SMILES string of the molecule is C[C@@H](C(=O)N1CCO[C@@H](C(=O)O)C1)n1nnc(-c2ccccc2)n1. The standard InChI is InChI=1S/C15H17N5O4/c1-10(14(21)19-7-8-24-12(9-19)15(22)23)20-17-13(16-18-20)11-5-3-2-4-6-11/h2-6,10,12H,7-9H2,1H3,(H,22,23)/t10-,12+/m0/s1. The maximum Gasteiger partial charge on any atom is 0.334 e. The van der Waals surface area contributed by atoms with Gasteiger partial charge in [0.05, 0.1) is 13.2 Å². The molecule has 0 saturated carbocycles. The number of carbonyl (C=O) groups excluding carboxylic acids is 1. The van der Waals surface area contributed by atoms with Gasteiger partial charge < -0.3 is 14.7 Å². The Morgan fingerprint density at radius 3 is 2.79 bits per heavy atom. The predicted octanol–water partition coefficient (Wildman–Crippen LogP) is 0.213. The van der Waals surface area contributed by atoms with Crippen molar-refractivity contribution in [2.24, 2.45) is 0 Å². The average Bonchev–Trinajstić information content (AvgIpc) is 3.11. The molecule has 1 fully saturated rings. The first kappa shape index (κ1) is 16.1. The van der Waals surface area contributed by atoms with E-state index < -0.39 is 18.1 Å². The molecule has 2 atom stereocenters. The molecule has 0 bridgehead atoms. The fraction of sp³-hybridized carbons (Fsp3) is 0.400. The second-order valence-electron chi connectivity index (χ2n) is 5.46. The number of aliphatic carboxylic acids is 1. The largest absolute Gasteiger partial charge is 0.479 e. The number of nitrogens with zero attached hydrogens (tertiary/aromatic N) is 5. The van der Waals surface area contributed by atoms with Crippen molar-refractivity contribution in [3.63, 3.8) is 0 Å². The average molecular weight is 331 g/mol. The van der Waals surface area contributed by atoms with Gasteiger partial charge in [-0.15, -0.1) is 10.2 Å². The number of benzene rings is 1. The molecule has 24 heavy (non-hydrogen) atoms. The number of amides is 1. The van der Waals surface area contributed by atoms with Gasteiger partial charge in [0.25, 0.3) is 0 Å². The zero-order valence-electron chi connectivity index (χ0n) is 13.1. The summed E-state index contributed by atoms with van der Waals surface area (Å²) < 4.78 is 5.12. The maximum atomic E-state index is 12.6. The summed E-state index contributed by atoms with van der Waals surface area (Å²) in [5.74, 6) is -0.910. The van der Waals surface area contributed by atoms with E-state index in [1.807, 2.05) is 30.3 Å². The lowest BCUT2D eigenvalue weighted by Crippen LogP contribution is -2.50. The van der Waals surface area contributed by atoms with Crippen LogP contribution in [0, 0.1) is 0 Å². The van der Waals surface area contributed by atoms with Crippen LogP contribution in [0.2, 0.25) is 0 Å². The third-order valence-electron chi connectivity index (χ3n) is 3.82. The molecular weight excluding hydrogens is 314 g/mol. The van der Waals surface area contributed by atoms with Gasteiger partial charge >= 0.3 is 5.97 Å². The smallest absolute Gasteiger partial charge is 0.334 e. The predicted molar refractivity (Wildman–Crippen MR) is 81.9 cm³/mol. The summed E-state index contributed by atoms with van der Waals surface area (Å²) >= 11 is 0. The van der Waals surface area contributed by atoms with E-state index >= 15 is 0 Å². The second-order valence-corrected chi connectivity index (χ2v) is 5.46. The summed E-state index contributed by atoms with van der Waals surface area (Å²) in [6.45, 7) is 2.20. The van der Waals surface area contributed by atoms with Crippen LogP contribution >= 0.6 is 0 Å². The van der Waals surface area contributed by atoms with Gasteiger partial charge in [0.15, 0.2) is 6.10 Å². The third-order valence-corrected chi connectivity index (χ3v) is 3.82. The molecule has 126 valence electrons. The van der Waals surface area contributed by atoms with Crippen LogP contribution < -0.4 is 0 Å².